The fraction of sp³-hybridized carbons (Fsp3) is 0.875. The van der Waals surface area contributed by atoms with E-state index in [2.05, 4.69) is 13.8 Å². The Labute approximate surface area is 138 Å². The molecule has 4 nitrogen and oxygen atoms in total. The summed E-state index contributed by atoms with van der Waals surface area (Å²) in [6.45, 7) is 4.81. The number of likely N-dealkylation sites (tertiary alicyclic amines) is 1. The summed E-state index contributed by atoms with van der Waals surface area (Å²) in [5.41, 5.74) is 0. The maximum Gasteiger partial charge on any atom is 0.242 e. The highest BCUT2D eigenvalue weighted by atomic mass is 32.2. The lowest BCUT2D eigenvalue weighted by Gasteiger charge is -2.32. The van der Waals surface area contributed by atoms with Gasteiger partial charge in [-0.1, -0.05) is 13.8 Å². The fourth-order valence-electron chi connectivity index (χ4n) is 3.44. The van der Waals surface area contributed by atoms with Gasteiger partial charge in [0, 0.05) is 24.2 Å². The summed E-state index contributed by atoms with van der Waals surface area (Å²) in [6, 6.07) is -0.243. The molecule has 6 heteroatoms. The molecular weight excluding hydrogens is 297 g/mol. The molecule has 1 aliphatic heterocycles. The molecule has 1 saturated heterocycles. The average molecular weight is 325 g/mol. The highest BCUT2D eigenvalue weighted by Gasteiger charge is 2.40. The molecular formula is C16H28BNO3S. The third-order valence-electron chi connectivity index (χ3n) is 5.19. The SMILES string of the molecule is BC(O)C1CCC(CN2C(=O)CC(SC(C)CC)C2=O)CC1. The minimum Gasteiger partial charge on any atom is -0.402 e. The molecule has 1 saturated carbocycles. The Morgan fingerprint density at radius 1 is 1.32 bits per heavy atom. The summed E-state index contributed by atoms with van der Waals surface area (Å²) in [5, 5.41) is 9.90. The zero-order valence-electron chi connectivity index (χ0n) is 14.0. The van der Waals surface area contributed by atoms with E-state index in [9.17, 15) is 14.7 Å². The predicted octanol–water partition coefficient (Wildman–Crippen LogP) is 1.40. The summed E-state index contributed by atoms with van der Waals surface area (Å²) < 4.78 is 0. The monoisotopic (exact) mass is 325 g/mol. The molecule has 2 amide bonds. The second-order valence-electron chi connectivity index (χ2n) is 6.91. The van der Waals surface area contributed by atoms with Crippen LogP contribution >= 0.6 is 11.8 Å². The lowest BCUT2D eigenvalue weighted by atomic mass is 9.74. The second kappa shape index (κ2) is 7.87. The fourth-order valence-corrected chi connectivity index (χ4v) is 4.67. The number of carbonyl (C=O) groups excluding carboxylic acids is 2. The number of rotatable bonds is 6. The van der Waals surface area contributed by atoms with Gasteiger partial charge < -0.3 is 5.11 Å². The molecule has 0 spiro atoms. The first-order valence-electron chi connectivity index (χ1n) is 8.60. The van der Waals surface area contributed by atoms with Gasteiger partial charge in [-0.15, -0.1) is 11.8 Å². The van der Waals surface area contributed by atoms with E-state index in [1.807, 2.05) is 7.85 Å². The number of thioether (sulfide) groups is 1. The molecule has 0 aromatic rings. The zero-order valence-corrected chi connectivity index (χ0v) is 14.8. The van der Waals surface area contributed by atoms with Gasteiger partial charge in [0.2, 0.25) is 11.8 Å². The first-order valence-corrected chi connectivity index (χ1v) is 9.54. The van der Waals surface area contributed by atoms with Crippen LogP contribution in [0.5, 0.6) is 0 Å². The van der Waals surface area contributed by atoms with Gasteiger partial charge in [-0.2, -0.15) is 0 Å². The van der Waals surface area contributed by atoms with E-state index in [1.54, 1.807) is 11.8 Å². The number of carbonyl (C=O) groups is 2. The Bertz CT molecular complexity index is 410. The van der Waals surface area contributed by atoms with Crippen molar-refractivity contribution in [1.29, 1.82) is 0 Å². The Kier molecular flexibility index (Phi) is 6.39. The van der Waals surface area contributed by atoms with E-state index < -0.39 is 0 Å². The van der Waals surface area contributed by atoms with Crippen molar-refractivity contribution in [3.05, 3.63) is 0 Å². The van der Waals surface area contributed by atoms with Crippen LogP contribution in [0.4, 0.5) is 0 Å². The molecule has 1 aliphatic carbocycles. The van der Waals surface area contributed by atoms with Crippen molar-refractivity contribution in [3.8, 4) is 0 Å². The third kappa shape index (κ3) is 4.28. The third-order valence-corrected chi connectivity index (χ3v) is 6.68. The lowest BCUT2D eigenvalue weighted by molar-refractivity contribution is -0.139. The molecule has 2 fully saturated rings. The van der Waals surface area contributed by atoms with Crippen molar-refractivity contribution in [2.45, 2.75) is 68.9 Å². The minimum absolute atomic E-state index is 0.00320. The lowest BCUT2D eigenvalue weighted by Crippen LogP contribution is -2.38. The molecule has 0 aromatic carbocycles. The van der Waals surface area contributed by atoms with Crippen LogP contribution in [0, 0.1) is 11.8 Å². The Morgan fingerprint density at radius 2 is 1.95 bits per heavy atom. The molecule has 0 radical (unpaired) electrons. The van der Waals surface area contributed by atoms with Crippen LogP contribution < -0.4 is 0 Å². The summed E-state index contributed by atoms with van der Waals surface area (Å²) in [7, 11) is 1.86. The van der Waals surface area contributed by atoms with Crippen LogP contribution in [-0.2, 0) is 9.59 Å². The number of nitrogens with zero attached hydrogens (tertiary/aromatic N) is 1. The van der Waals surface area contributed by atoms with E-state index in [0.29, 0.717) is 30.1 Å². The zero-order chi connectivity index (χ0) is 16.3. The van der Waals surface area contributed by atoms with E-state index in [0.717, 1.165) is 32.1 Å². The van der Waals surface area contributed by atoms with Gasteiger partial charge in [-0.25, -0.2) is 0 Å². The number of amides is 2. The maximum atomic E-state index is 12.5. The van der Waals surface area contributed by atoms with Crippen molar-refractivity contribution in [3.63, 3.8) is 0 Å². The summed E-state index contributed by atoms with van der Waals surface area (Å²) in [6.07, 6.45) is 5.42. The quantitative estimate of drug-likeness (QED) is 0.592. The first kappa shape index (κ1) is 17.9. The highest BCUT2D eigenvalue weighted by molar-refractivity contribution is 8.01. The molecule has 3 unspecified atom stereocenters. The molecule has 2 rings (SSSR count). The molecule has 3 atom stereocenters. The number of hydrogen-bond acceptors (Lipinski definition) is 4. The molecule has 0 bridgehead atoms. The average Bonchev–Trinajstić information content (AvgIpc) is 2.75. The van der Waals surface area contributed by atoms with Crippen LogP contribution in [0.3, 0.4) is 0 Å². The van der Waals surface area contributed by atoms with Crippen molar-refractivity contribution >= 4 is 31.4 Å². The van der Waals surface area contributed by atoms with Crippen molar-refractivity contribution < 1.29 is 14.7 Å². The van der Waals surface area contributed by atoms with Crippen LogP contribution in [0.2, 0.25) is 0 Å². The van der Waals surface area contributed by atoms with Gasteiger partial charge in [-0.3, -0.25) is 14.5 Å². The van der Waals surface area contributed by atoms with Crippen molar-refractivity contribution in [1.82, 2.24) is 4.90 Å². The first-order chi connectivity index (χ1) is 10.4. The van der Waals surface area contributed by atoms with E-state index in [1.165, 1.54) is 4.90 Å². The second-order valence-corrected chi connectivity index (χ2v) is 8.56. The van der Waals surface area contributed by atoms with Crippen LogP contribution in [-0.4, -0.2) is 52.7 Å². The molecule has 0 aromatic heterocycles. The highest BCUT2D eigenvalue weighted by Crippen LogP contribution is 2.34. The number of aliphatic hydroxyl groups excluding tert-OH is 1. The van der Waals surface area contributed by atoms with Gasteiger partial charge in [0.25, 0.3) is 0 Å². The normalized spacial score (nSPS) is 32.3. The standard InChI is InChI=1S/C16H28BNO3S/c1-3-10(2)22-13-8-14(19)18(16(13)21)9-11-4-6-12(7-5-11)15(17)20/h10-13,15,20H,3-9,17H2,1-2H3. The summed E-state index contributed by atoms with van der Waals surface area (Å²) in [4.78, 5) is 26.1. The van der Waals surface area contributed by atoms with E-state index >= 15 is 0 Å². The minimum atomic E-state index is -0.243. The molecule has 2 aliphatic rings. The molecule has 1 heterocycles. The maximum absolute atomic E-state index is 12.5. The molecule has 124 valence electrons. The van der Waals surface area contributed by atoms with Gasteiger partial charge in [0.1, 0.15) is 7.85 Å². The Hall–Kier alpha value is -0.485. The smallest absolute Gasteiger partial charge is 0.242 e. The van der Waals surface area contributed by atoms with Crippen LogP contribution in [0.25, 0.3) is 0 Å². The number of imide groups is 1. The summed E-state index contributed by atoms with van der Waals surface area (Å²) in [5.74, 6) is 0.821. The van der Waals surface area contributed by atoms with Crippen molar-refractivity contribution in [2.24, 2.45) is 11.8 Å². The van der Waals surface area contributed by atoms with E-state index in [-0.39, 0.29) is 23.1 Å². The van der Waals surface area contributed by atoms with Gasteiger partial charge in [0.15, 0.2) is 0 Å². The molecule has 22 heavy (non-hydrogen) atoms. The number of hydrogen-bond donors (Lipinski definition) is 1. The topological polar surface area (TPSA) is 57.6 Å². The summed E-state index contributed by atoms with van der Waals surface area (Å²) >= 11 is 1.64. The molecule has 1 N–H and O–H groups in total. The Morgan fingerprint density at radius 3 is 2.50 bits per heavy atom. The predicted molar refractivity (Wildman–Crippen MR) is 92.5 cm³/mol. The van der Waals surface area contributed by atoms with Crippen LogP contribution in [0.15, 0.2) is 0 Å². The van der Waals surface area contributed by atoms with Crippen molar-refractivity contribution in [2.75, 3.05) is 6.54 Å². The van der Waals surface area contributed by atoms with Crippen LogP contribution in [0.1, 0.15) is 52.4 Å². The number of aliphatic hydroxyl groups is 1. The van der Waals surface area contributed by atoms with Gasteiger partial charge >= 0.3 is 0 Å². The van der Waals surface area contributed by atoms with E-state index in [4.69, 9.17) is 0 Å². The Balaban J connectivity index is 1.85. The largest absolute Gasteiger partial charge is 0.402 e. The van der Waals surface area contributed by atoms with Gasteiger partial charge in [0.05, 0.1) is 5.25 Å². The van der Waals surface area contributed by atoms with Gasteiger partial charge in [-0.05, 0) is 43.9 Å².